The summed E-state index contributed by atoms with van der Waals surface area (Å²) in [5.74, 6) is 0.437. The van der Waals surface area contributed by atoms with Gasteiger partial charge in [-0.15, -0.1) is 0 Å². The molecule has 0 N–H and O–H groups in total. The van der Waals surface area contributed by atoms with Crippen LogP contribution in [-0.2, 0) is 4.74 Å². The fraction of sp³-hybridized carbons (Fsp3) is 0.556. The number of hydrogen-bond acceptors (Lipinski definition) is 4. The number of carbonyl (C=O) groups is 1. The molecule has 0 aromatic carbocycles. The Hall–Kier alpha value is -1.36. The highest BCUT2D eigenvalue weighted by atomic mass is 16.5. The van der Waals surface area contributed by atoms with Gasteiger partial charge in [-0.25, -0.2) is 4.98 Å². The lowest BCUT2D eigenvalue weighted by molar-refractivity contribution is 0.0299. The Bertz CT molecular complexity index is 329. The quantitative estimate of drug-likeness (QED) is 0.654. The predicted octanol–water partition coefficient (Wildman–Crippen LogP) is 0.455. The zero-order valence-electron chi connectivity index (χ0n) is 8.02. The molecule has 1 aliphatic rings. The molecule has 1 aromatic rings. The number of hydrogen-bond donors (Lipinski definition) is 0. The minimum Gasteiger partial charge on any atom is -0.448 e. The summed E-state index contributed by atoms with van der Waals surface area (Å²) in [6.07, 6.45) is 1.40. The molecule has 0 atom stereocenters. The maximum atomic E-state index is 11.8. The molecule has 1 aromatic heterocycles. The Morgan fingerprint density at radius 2 is 2.21 bits per heavy atom. The van der Waals surface area contributed by atoms with Crippen molar-refractivity contribution in [1.82, 2.24) is 9.88 Å². The fourth-order valence-corrected chi connectivity index (χ4v) is 1.39. The molecule has 1 aliphatic heterocycles. The zero-order chi connectivity index (χ0) is 9.97. The second-order valence-electron chi connectivity index (χ2n) is 3.16. The standard InChI is InChI=1S/C9H12N2O3/c1-7-10-8(6-14-7)9(12)11-2-4-13-5-3-11/h6H,2-5H2,1H3. The van der Waals surface area contributed by atoms with Crippen molar-refractivity contribution >= 4 is 5.91 Å². The zero-order valence-corrected chi connectivity index (χ0v) is 8.02. The van der Waals surface area contributed by atoms with Crippen molar-refractivity contribution in [1.29, 1.82) is 0 Å². The van der Waals surface area contributed by atoms with Crippen molar-refractivity contribution in [2.24, 2.45) is 0 Å². The van der Waals surface area contributed by atoms with E-state index in [1.807, 2.05) is 0 Å². The van der Waals surface area contributed by atoms with Gasteiger partial charge in [-0.2, -0.15) is 0 Å². The molecular weight excluding hydrogens is 184 g/mol. The van der Waals surface area contributed by atoms with Gasteiger partial charge in [-0.05, 0) is 0 Å². The summed E-state index contributed by atoms with van der Waals surface area (Å²) in [5, 5.41) is 0. The van der Waals surface area contributed by atoms with Crippen LogP contribution in [0.3, 0.4) is 0 Å². The van der Waals surface area contributed by atoms with E-state index in [1.54, 1.807) is 11.8 Å². The average molecular weight is 196 g/mol. The molecule has 5 nitrogen and oxygen atoms in total. The number of amides is 1. The molecule has 0 unspecified atom stereocenters. The summed E-state index contributed by atoms with van der Waals surface area (Å²) in [6, 6.07) is 0. The molecular formula is C9H12N2O3. The molecule has 0 saturated carbocycles. The van der Waals surface area contributed by atoms with Crippen LogP contribution in [0.25, 0.3) is 0 Å². The Labute approximate surface area is 81.7 Å². The number of aryl methyl sites for hydroxylation is 1. The topological polar surface area (TPSA) is 55.6 Å². The van der Waals surface area contributed by atoms with Gasteiger partial charge in [-0.3, -0.25) is 4.79 Å². The molecule has 0 spiro atoms. The Morgan fingerprint density at radius 3 is 2.79 bits per heavy atom. The third kappa shape index (κ3) is 1.77. The van der Waals surface area contributed by atoms with Crippen LogP contribution in [0.1, 0.15) is 16.4 Å². The Morgan fingerprint density at radius 1 is 1.50 bits per heavy atom. The molecule has 1 amide bonds. The highest BCUT2D eigenvalue weighted by Crippen LogP contribution is 2.06. The minimum atomic E-state index is -0.0786. The van der Waals surface area contributed by atoms with E-state index in [4.69, 9.17) is 9.15 Å². The van der Waals surface area contributed by atoms with Gasteiger partial charge in [0.1, 0.15) is 6.26 Å². The monoisotopic (exact) mass is 196 g/mol. The number of ether oxygens (including phenoxy) is 1. The lowest BCUT2D eigenvalue weighted by atomic mass is 10.3. The average Bonchev–Trinajstić information content (AvgIpc) is 2.65. The molecule has 0 bridgehead atoms. The van der Waals surface area contributed by atoms with Crippen molar-refractivity contribution in [3.05, 3.63) is 17.8 Å². The van der Waals surface area contributed by atoms with E-state index in [2.05, 4.69) is 4.98 Å². The number of carbonyl (C=O) groups excluding carboxylic acids is 1. The lowest BCUT2D eigenvalue weighted by Crippen LogP contribution is -2.40. The first-order valence-electron chi connectivity index (χ1n) is 4.56. The maximum Gasteiger partial charge on any atom is 0.275 e. The van der Waals surface area contributed by atoms with E-state index in [0.717, 1.165) is 0 Å². The van der Waals surface area contributed by atoms with Crippen LogP contribution in [0.15, 0.2) is 10.7 Å². The van der Waals surface area contributed by atoms with E-state index in [0.29, 0.717) is 37.9 Å². The summed E-state index contributed by atoms with van der Waals surface area (Å²) in [6.45, 7) is 4.18. The normalized spacial score (nSPS) is 17.1. The largest absolute Gasteiger partial charge is 0.448 e. The van der Waals surface area contributed by atoms with Crippen LogP contribution >= 0.6 is 0 Å². The van der Waals surface area contributed by atoms with E-state index in [1.165, 1.54) is 6.26 Å². The molecule has 14 heavy (non-hydrogen) atoms. The van der Waals surface area contributed by atoms with Crippen molar-refractivity contribution < 1.29 is 13.9 Å². The number of nitrogens with zero attached hydrogens (tertiary/aromatic N) is 2. The van der Waals surface area contributed by atoms with Gasteiger partial charge >= 0.3 is 0 Å². The van der Waals surface area contributed by atoms with Crippen LogP contribution in [0.5, 0.6) is 0 Å². The molecule has 2 heterocycles. The van der Waals surface area contributed by atoms with Crippen LogP contribution in [0.4, 0.5) is 0 Å². The highest BCUT2D eigenvalue weighted by Gasteiger charge is 2.20. The second-order valence-corrected chi connectivity index (χ2v) is 3.16. The Kier molecular flexibility index (Phi) is 2.49. The van der Waals surface area contributed by atoms with E-state index in [9.17, 15) is 4.79 Å². The van der Waals surface area contributed by atoms with E-state index in [-0.39, 0.29) is 5.91 Å². The first-order chi connectivity index (χ1) is 6.77. The van der Waals surface area contributed by atoms with Crippen LogP contribution < -0.4 is 0 Å². The van der Waals surface area contributed by atoms with Crippen molar-refractivity contribution in [3.63, 3.8) is 0 Å². The fourth-order valence-electron chi connectivity index (χ4n) is 1.39. The van der Waals surface area contributed by atoms with Crippen molar-refractivity contribution in [3.8, 4) is 0 Å². The molecule has 1 fully saturated rings. The van der Waals surface area contributed by atoms with Crippen LogP contribution in [-0.4, -0.2) is 42.1 Å². The van der Waals surface area contributed by atoms with Gasteiger partial charge in [-0.1, -0.05) is 0 Å². The van der Waals surface area contributed by atoms with E-state index < -0.39 is 0 Å². The number of morpholine rings is 1. The van der Waals surface area contributed by atoms with E-state index >= 15 is 0 Å². The second kappa shape index (κ2) is 3.79. The van der Waals surface area contributed by atoms with Crippen molar-refractivity contribution in [2.75, 3.05) is 26.3 Å². The SMILES string of the molecule is Cc1nc(C(=O)N2CCOCC2)co1. The van der Waals surface area contributed by atoms with Gasteiger partial charge < -0.3 is 14.1 Å². The Balaban J connectivity index is 2.07. The lowest BCUT2D eigenvalue weighted by Gasteiger charge is -2.25. The van der Waals surface area contributed by atoms with Crippen molar-refractivity contribution in [2.45, 2.75) is 6.92 Å². The van der Waals surface area contributed by atoms with Gasteiger partial charge in [0.2, 0.25) is 0 Å². The molecule has 76 valence electrons. The maximum absolute atomic E-state index is 11.8. The first-order valence-corrected chi connectivity index (χ1v) is 4.56. The minimum absolute atomic E-state index is 0.0786. The highest BCUT2D eigenvalue weighted by molar-refractivity contribution is 5.92. The van der Waals surface area contributed by atoms with Crippen LogP contribution in [0.2, 0.25) is 0 Å². The van der Waals surface area contributed by atoms with Gasteiger partial charge in [0.25, 0.3) is 5.91 Å². The van der Waals surface area contributed by atoms with Gasteiger partial charge in [0.05, 0.1) is 13.2 Å². The van der Waals surface area contributed by atoms with Crippen LogP contribution in [0, 0.1) is 6.92 Å². The molecule has 0 aliphatic carbocycles. The number of oxazole rings is 1. The molecule has 5 heteroatoms. The van der Waals surface area contributed by atoms with Gasteiger partial charge in [0, 0.05) is 20.0 Å². The summed E-state index contributed by atoms with van der Waals surface area (Å²) < 4.78 is 10.1. The molecule has 2 rings (SSSR count). The molecule has 0 radical (unpaired) electrons. The predicted molar refractivity (Wildman–Crippen MR) is 48.0 cm³/mol. The number of aromatic nitrogens is 1. The summed E-state index contributed by atoms with van der Waals surface area (Å²) in [4.78, 5) is 17.5. The summed E-state index contributed by atoms with van der Waals surface area (Å²) in [5.41, 5.74) is 0.379. The third-order valence-corrected chi connectivity index (χ3v) is 2.14. The van der Waals surface area contributed by atoms with Gasteiger partial charge in [0.15, 0.2) is 11.6 Å². The molecule has 1 saturated heterocycles. The summed E-state index contributed by atoms with van der Waals surface area (Å²) >= 11 is 0. The third-order valence-electron chi connectivity index (χ3n) is 2.14. The number of rotatable bonds is 1. The summed E-state index contributed by atoms with van der Waals surface area (Å²) in [7, 11) is 0. The first kappa shape index (κ1) is 9.21. The smallest absolute Gasteiger partial charge is 0.275 e.